The lowest BCUT2D eigenvalue weighted by Crippen LogP contribution is -2.39. The summed E-state index contributed by atoms with van der Waals surface area (Å²) in [6.45, 7) is 1.18. The van der Waals surface area contributed by atoms with E-state index in [4.69, 9.17) is 23.2 Å². The number of aliphatic hydroxyl groups excluding tert-OH is 1. The number of aliphatic hydroxyl groups is 1. The molecule has 0 atom stereocenters. The highest BCUT2D eigenvalue weighted by Gasteiger charge is 2.19. The van der Waals surface area contributed by atoms with Crippen molar-refractivity contribution in [2.45, 2.75) is 18.9 Å². The van der Waals surface area contributed by atoms with Crippen molar-refractivity contribution >= 4 is 35.2 Å². The Morgan fingerprint density at radius 3 is 2.68 bits per heavy atom. The van der Waals surface area contributed by atoms with Crippen molar-refractivity contribution in [1.29, 1.82) is 0 Å². The lowest BCUT2D eigenvalue weighted by atomic mass is 10.1. The molecule has 1 fully saturated rings. The molecular weight excluding hydrogens is 285 g/mol. The van der Waals surface area contributed by atoms with E-state index >= 15 is 0 Å². The van der Waals surface area contributed by atoms with Gasteiger partial charge in [-0.3, -0.25) is 4.79 Å². The van der Waals surface area contributed by atoms with Crippen molar-refractivity contribution in [3.8, 4) is 0 Å². The van der Waals surface area contributed by atoms with Crippen LogP contribution in [0.25, 0.3) is 6.08 Å². The molecule has 0 aliphatic carbocycles. The van der Waals surface area contributed by atoms with Crippen molar-refractivity contribution in [2.75, 3.05) is 13.1 Å². The molecule has 2 rings (SSSR count). The van der Waals surface area contributed by atoms with Crippen LogP contribution in [0.2, 0.25) is 10.0 Å². The van der Waals surface area contributed by atoms with Gasteiger partial charge in [0, 0.05) is 19.2 Å². The van der Waals surface area contributed by atoms with E-state index in [0.29, 0.717) is 36.0 Å². The topological polar surface area (TPSA) is 40.5 Å². The van der Waals surface area contributed by atoms with E-state index in [-0.39, 0.29) is 12.0 Å². The second kappa shape index (κ2) is 6.42. The Morgan fingerprint density at radius 1 is 1.32 bits per heavy atom. The average Bonchev–Trinajstić information content (AvgIpc) is 2.41. The normalized spacial score (nSPS) is 17.1. The molecule has 1 aromatic rings. The number of carbonyl (C=O) groups is 1. The number of benzene rings is 1. The van der Waals surface area contributed by atoms with Crippen molar-refractivity contribution in [3.63, 3.8) is 0 Å². The van der Waals surface area contributed by atoms with Gasteiger partial charge in [-0.15, -0.1) is 0 Å². The molecule has 1 aromatic carbocycles. The summed E-state index contributed by atoms with van der Waals surface area (Å²) >= 11 is 11.9. The van der Waals surface area contributed by atoms with Crippen molar-refractivity contribution in [1.82, 2.24) is 4.90 Å². The molecule has 0 saturated carbocycles. The number of likely N-dealkylation sites (tertiary alicyclic amines) is 1. The Bertz CT molecular complexity index is 494. The maximum atomic E-state index is 12.0. The first-order valence-electron chi connectivity index (χ1n) is 6.17. The van der Waals surface area contributed by atoms with Crippen LogP contribution in [-0.4, -0.2) is 35.1 Å². The fourth-order valence-electron chi connectivity index (χ4n) is 2.00. The average molecular weight is 300 g/mol. The van der Waals surface area contributed by atoms with Gasteiger partial charge >= 0.3 is 0 Å². The molecule has 1 N–H and O–H groups in total. The third-order valence-electron chi connectivity index (χ3n) is 3.16. The second-order valence-corrected chi connectivity index (χ2v) is 5.32. The molecule has 1 amide bonds. The molecule has 0 radical (unpaired) electrons. The number of piperidine rings is 1. The number of amides is 1. The van der Waals surface area contributed by atoms with Crippen LogP contribution in [0.5, 0.6) is 0 Å². The molecule has 0 bridgehead atoms. The largest absolute Gasteiger partial charge is 0.393 e. The number of rotatable bonds is 2. The fourth-order valence-corrected chi connectivity index (χ4v) is 2.37. The number of hydrogen-bond donors (Lipinski definition) is 1. The van der Waals surface area contributed by atoms with Crippen LogP contribution in [0.15, 0.2) is 24.3 Å². The van der Waals surface area contributed by atoms with Crippen molar-refractivity contribution < 1.29 is 9.90 Å². The second-order valence-electron chi connectivity index (χ2n) is 4.53. The Labute approximate surface area is 122 Å². The smallest absolute Gasteiger partial charge is 0.246 e. The van der Waals surface area contributed by atoms with Crippen molar-refractivity contribution in [3.05, 3.63) is 39.9 Å². The van der Waals surface area contributed by atoms with Crippen molar-refractivity contribution in [2.24, 2.45) is 0 Å². The van der Waals surface area contributed by atoms with Gasteiger partial charge < -0.3 is 10.0 Å². The molecule has 0 aromatic heterocycles. The predicted molar refractivity (Wildman–Crippen MR) is 77.3 cm³/mol. The van der Waals surface area contributed by atoms with Gasteiger partial charge in [-0.05, 0) is 30.5 Å². The first-order valence-corrected chi connectivity index (χ1v) is 6.92. The van der Waals surface area contributed by atoms with Gasteiger partial charge in [-0.25, -0.2) is 0 Å². The van der Waals surface area contributed by atoms with Gasteiger partial charge in [0.2, 0.25) is 5.91 Å². The van der Waals surface area contributed by atoms with E-state index in [9.17, 15) is 9.90 Å². The van der Waals surface area contributed by atoms with E-state index in [2.05, 4.69) is 0 Å². The molecule has 19 heavy (non-hydrogen) atoms. The van der Waals surface area contributed by atoms with Crippen LogP contribution in [-0.2, 0) is 4.79 Å². The summed E-state index contributed by atoms with van der Waals surface area (Å²) in [5, 5.41) is 10.3. The molecule has 1 saturated heterocycles. The maximum absolute atomic E-state index is 12.0. The number of nitrogens with zero attached hydrogens (tertiary/aromatic N) is 1. The van der Waals surface area contributed by atoms with Crippen LogP contribution in [0, 0.1) is 0 Å². The predicted octanol–water partition coefficient (Wildman–Crippen LogP) is 2.99. The Balaban J connectivity index is 2.02. The summed E-state index contributed by atoms with van der Waals surface area (Å²) in [6, 6.07) is 5.29. The van der Waals surface area contributed by atoms with Crippen LogP contribution in [0.3, 0.4) is 0 Å². The zero-order valence-corrected chi connectivity index (χ0v) is 11.9. The SMILES string of the molecule is O=C(C=Cc1cccc(Cl)c1Cl)N1CCC(O)CC1. The molecular formula is C14H15Cl2NO2. The van der Waals surface area contributed by atoms with E-state index in [1.807, 2.05) is 0 Å². The summed E-state index contributed by atoms with van der Waals surface area (Å²) in [5.41, 5.74) is 0.722. The quantitative estimate of drug-likeness (QED) is 0.853. The zero-order chi connectivity index (χ0) is 13.8. The van der Waals surface area contributed by atoms with Crippen LogP contribution in [0.4, 0.5) is 0 Å². The number of hydrogen-bond acceptors (Lipinski definition) is 2. The first-order chi connectivity index (χ1) is 9.08. The molecule has 1 aliphatic rings. The highest BCUT2D eigenvalue weighted by Crippen LogP contribution is 2.26. The minimum Gasteiger partial charge on any atom is -0.393 e. The van der Waals surface area contributed by atoms with Gasteiger partial charge in [0.15, 0.2) is 0 Å². The third-order valence-corrected chi connectivity index (χ3v) is 4.00. The van der Waals surface area contributed by atoms with Crippen LogP contribution < -0.4 is 0 Å². The Kier molecular flexibility index (Phi) is 4.86. The molecule has 5 heteroatoms. The summed E-state index contributed by atoms with van der Waals surface area (Å²) in [6.07, 6.45) is 4.15. The molecule has 0 spiro atoms. The monoisotopic (exact) mass is 299 g/mol. The minimum absolute atomic E-state index is 0.0667. The van der Waals surface area contributed by atoms with Gasteiger partial charge in [0.05, 0.1) is 16.1 Å². The Hall–Kier alpha value is -1.03. The van der Waals surface area contributed by atoms with Gasteiger partial charge in [-0.1, -0.05) is 35.3 Å². The highest BCUT2D eigenvalue weighted by molar-refractivity contribution is 6.42. The summed E-state index contributed by atoms with van der Waals surface area (Å²) in [5.74, 6) is -0.0667. The molecule has 3 nitrogen and oxygen atoms in total. The van der Waals surface area contributed by atoms with Gasteiger partial charge in [0.1, 0.15) is 0 Å². The van der Waals surface area contributed by atoms with Gasteiger partial charge in [0.25, 0.3) is 0 Å². The summed E-state index contributed by atoms with van der Waals surface area (Å²) in [7, 11) is 0. The fraction of sp³-hybridized carbons (Fsp3) is 0.357. The lowest BCUT2D eigenvalue weighted by molar-refractivity contribution is -0.127. The van der Waals surface area contributed by atoms with E-state index < -0.39 is 0 Å². The van der Waals surface area contributed by atoms with E-state index in [0.717, 1.165) is 5.56 Å². The van der Waals surface area contributed by atoms with Crippen LogP contribution >= 0.6 is 23.2 Å². The third kappa shape index (κ3) is 3.72. The molecule has 0 unspecified atom stereocenters. The summed E-state index contributed by atoms with van der Waals surface area (Å²) in [4.78, 5) is 13.7. The zero-order valence-electron chi connectivity index (χ0n) is 10.4. The Morgan fingerprint density at radius 2 is 2.00 bits per heavy atom. The van der Waals surface area contributed by atoms with E-state index in [1.54, 1.807) is 29.2 Å². The lowest BCUT2D eigenvalue weighted by Gasteiger charge is -2.28. The van der Waals surface area contributed by atoms with Crippen LogP contribution in [0.1, 0.15) is 18.4 Å². The van der Waals surface area contributed by atoms with E-state index in [1.165, 1.54) is 6.08 Å². The van der Waals surface area contributed by atoms with Gasteiger partial charge in [-0.2, -0.15) is 0 Å². The summed E-state index contributed by atoms with van der Waals surface area (Å²) < 4.78 is 0. The maximum Gasteiger partial charge on any atom is 0.246 e. The highest BCUT2D eigenvalue weighted by atomic mass is 35.5. The number of halogens is 2. The minimum atomic E-state index is -0.282. The molecule has 102 valence electrons. The first kappa shape index (κ1) is 14.4. The number of carbonyl (C=O) groups excluding carboxylic acids is 1. The standard InChI is InChI=1S/C14H15Cl2NO2/c15-12-3-1-2-10(14(12)16)4-5-13(19)17-8-6-11(18)7-9-17/h1-5,11,18H,6-9H2. The molecule has 1 heterocycles. The molecule has 1 aliphatic heterocycles.